The van der Waals surface area contributed by atoms with Gasteiger partial charge in [0.25, 0.3) is 0 Å². The SMILES string of the molecule is CC(C)N(C)CCCCNCc1cccc(Cl)c1. The lowest BCUT2D eigenvalue weighted by atomic mass is 10.2. The molecule has 0 atom stereocenters. The van der Waals surface area contributed by atoms with Crippen LogP contribution in [0.1, 0.15) is 32.3 Å². The Morgan fingerprint density at radius 2 is 2.06 bits per heavy atom. The average Bonchev–Trinajstić information content (AvgIpc) is 2.33. The van der Waals surface area contributed by atoms with Gasteiger partial charge in [-0.15, -0.1) is 0 Å². The number of nitrogens with zero attached hydrogens (tertiary/aromatic N) is 1. The first-order valence-electron chi connectivity index (χ1n) is 6.75. The quantitative estimate of drug-likeness (QED) is 0.726. The van der Waals surface area contributed by atoms with Gasteiger partial charge in [-0.2, -0.15) is 0 Å². The lowest BCUT2D eigenvalue weighted by Gasteiger charge is -2.20. The summed E-state index contributed by atoms with van der Waals surface area (Å²) in [6, 6.07) is 8.67. The van der Waals surface area contributed by atoms with Gasteiger partial charge in [0.05, 0.1) is 0 Å². The number of hydrogen-bond donors (Lipinski definition) is 1. The van der Waals surface area contributed by atoms with E-state index in [1.165, 1.54) is 24.9 Å². The first-order valence-corrected chi connectivity index (χ1v) is 7.13. The van der Waals surface area contributed by atoms with E-state index in [4.69, 9.17) is 11.6 Å². The summed E-state index contributed by atoms with van der Waals surface area (Å²) in [5.74, 6) is 0. The predicted molar refractivity (Wildman–Crippen MR) is 80.2 cm³/mol. The summed E-state index contributed by atoms with van der Waals surface area (Å²) in [5, 5.41) is 4.27. The van der Waals surface area contributed by atoms with Crippen molar-refractivity contribution < 1.29 is 0 Å². The van der Waals surface area contributed by atoms with Crippen LogP contribution in [0.4, 0.5) is 0 Å². The maximum Gasteiger partial charge on any atom is 0.0409 e. The van der Waals surface area contributed by atoms with E-state index in [1.54, 1.807) is 0 Å². The Morgan fingerprint density at radius 3 is 2.72 bits per heavy atom. The molecule has 0 radical (unpaired) electrons. The summed E-state index contributed by atoms with van der Waals surface area (Å²) in [6.45, 7) is 7.62. The van der Waals surface area contributed by atoms with Crippen LogP contribution in [0.2, 0.25) is 5.02 Å². The molecule has 0 amide bonds. The molecule has 0 saturated heterocycles. The van der Waals surface area contributed by atoms with Crippen molar-refractivity contribution in [1.82, 2.24) is 10.2 Å². The van der Waals surface area contributed by atoms with Crippen molar-refractivity contribution >= 4 is 11.6 Å². The number of rotatable bonds is 8. The summed E-state index contributed by atoms with van der Waals surface area (Å²) in [5.41, 5.74) is 1.25. The Bertz CT molecular complexity index is 339. The van der Waals surface area contributed by atoms with E-state index in [9.17, 15) is 0 Å². The molecule has 3 heteroatoms. The Balaban J connectivity index is 2.05. The molecule has 0 fully saturated rings. The van der Waals surface area contributed by atoms with Crippen LogP contribution in [0.5, 0.6) is 0 Å². The molecule has 1 aromatic rings. The Morgan fingerprint density at radius 1 is 1.28 bits per heavy atom. The van der Waals surface area contributed by atoms with Crippen LogP contribution < -0.4 is 5.32 Å². The third-order valence-corrected chi connectivity index (χ3v) is 3.45. The number of nitrogens with one attached hydrogen (secondary N) is 1. The second kappa shape index (κ2) is 8.52. The fourth-order valence-corrected chi connectivity index (χ4v) is 1.96. The van der Waals surface area contributed by atoms with Crippen molar-refractivity contribution in [3.63, 3.8) is 0 Å². The molecule has 0 aromatic heterocycles. The molecule has 0 bridgehead atoms. The topological polar surface area (TPSA) is 15.3 Å². The zero-order valence-electron chi connectivity index (χ0n) is 11.7. The van der Waals surface area contributed by atoms with Gasteiger partial charge in [-0.05, 0) is 64.5 Å². The molecule has 102 valence electrons. The maximum absolute atomic E-state index is 5.94. The van der Waals surface area contributed by atoms with Crippen molar-refractivity contribution in [3.8, 4) is 0 Å². The molecule has 1 aromatic carbocycles. The number of unbranched alkanes of at least 4 members (excludes halogenated alkanes) is 1. The summed E-state index contributed by atoms with van der Waals surface area (Å²) in [4.78, 5) is 2.39. The molecule has 0 saturated carbocycles. The van der Waals surface area contributed by atoms with Crippen LogP contribution in [0, 0.1) is 0 Å². The minimum absolute atomic E-state index is 0.643. The lowest BCUT2D eigenvalue weighted by molar-refractivity contribution is 0.268. The zero-order valence-corrected chi connectivity index (χ0v) is 12.5. The molecule has 0 aliphatic rings. The molecular weight excluding hydrogens is 244 g/mol. The molecule has 0 aliphatic heterocycles. The number of benzene rings is 1. The summed E-state index contributed by atoms with van der Waals surface area (Å²) in [6.07, 6.45) is 2.47. The van der Waals surface area contributed by atoms with Crippen LogP contribution in [0.25, 0.3) is 0 Å². The molecule has 1 rings (SSSR count). The third kappa shape index (κ3) is 6.39. The Hall–Kier alpha value is -0.570. The monoisotopic (exact) mass is 268 g/mol. The second-order valence-electron chi connectivity index (χ2n) is 5.09. The summed E-state index contributed by atoms with van der Waals surface area (Å²) in [7, 11) is 2.18. The largest absolute Gasteiger partial charge is 0.313 e. The van der Waals surface area contributed by atoms with Crippen LogP contribution in [0.15, 0.2) is 24.3 Å². The van der Waals surface area contributed by atoms with Gasteiger partial charge in [0.15, 0.2) is 0 Å². The van der Waals surface area contributed by atoms with Gasteiger partial charge >= 0.3 is 0 Å². The van der Waals surface area contributed by atoms with Gasteiger partial charge < -0.3 is 10.2 Å². The fourth-order valence-electron chi connectivity index (χ4n) is 1.75. The highest BCUT2D eigenvalue weighted by molar-refractivity contribution is 6.30. The molecule has 0 spiro atoms. The standard InChI is InChI=1S/C15H25ClN2/c1-13(2)18(3)10-5-4-9-17-12-14-7-6-8-15(16)11-14/h6-8,11,13,17H,4-5,9-10,12H2,1-3H3. The lowest BCUT2D eigenvalue weighted by Crippen LogP contribution is -2.27. The summed E-state index contributed by atoms with van der Waals surface area (Å²) < 4.78 is 0. The molecule has 0 heterocycles. The van der Waals surface area contributed by atoms with E-state index in [0.717, 1.165) is 18.1 Å². The van der Waals surface area contributed by atoms with E-state index in [0.29, 0.717) is 6.04 Å². The van der Waals surface area contributed by atoms with Gasteiger partial charge in [0.2, 0.25) is 0 Å². The van der Waals surface area contributed by atoms with Crippen molar-refractivity contribution in [2.24, 2.45) is 0 Å². The van der Waals surface area contributed by atoms with Crippen molar-refractivity contribution in [1.29, 1.82) is 0 Å². The van der Waals surface area contributed by atoms with Gasteiger partial charge in [-0.1, -0.05) is 23.7 Å². The Labute approximate surface area is 116 Å². The van der Waals surface area contributed by atoms with Crippen LogP contribution in [0.3, 0.4) is 0 Å². The van der Waals surface area contributed by atoms with Gasteiger partial charge in [-0.3, -0.25) is 0 Å². The highest BCUT2D eigenvalue weighted by atomic mass is 35.5. The van der Waals surface area contributed by atoms with E-state index in [1.807, 2.05) is 18.2 Å². The third-order valence-electron chi connectivity index (χ3n) is 3.21. The van der Waals surface area contributed by atoms with Gasteiger partial charge in [0, 0.05) is 17.6 Å². The van der Waals surface area contributed by atoms with E-state index < -0.39 is 0 Å². The van der Waals surface area contributed by atoms with Gasteiger partial charge in [0.1, 0.15) is 0 Å². The second-order valence-corrected chi connectivity index (χ2v) is 5.52. The molecule has 18 heavy (non-hydrogen) atoms. The maximum atomic E-state index is 5.94. The fraction of sp³-hybridized carbons (Fsp3) is 0.600. The number of hydrogen-bond acceptors (Lipinski definition) is 2. The normalized spacial score (nSPS) is 11.4. The highest BCUT2D eigenvalue weighted by Crippen LogP contribution is 2.10. The minimum atomic E-state index is 0.643. The highest BCUT2D eigenvalue weighted by Gasteiger charge is 2.01. The van der Waals surface area contributed by atoms with Gasteiger partial charge in [-0.25, -0.2) is 0 Å². The van der Waals surface area contributed by atoms with E-state index >= 15 is 0 Å². The first kappa shape index (κ1) is 15.5. The predicted octanol–water partition coefficient (Wildman–Crippen LogP) is 3.55. The molecular formula is C15H25ClN2. The molecule has 0 unspecified atom stereocenters. The molecule has 1 N–H and O–H groups in total. The van der Waals surface area contributed by atoms with Crippen LogP contribution in [-0.2, 0) is 6.54 Å². The molecule has 0 aliphatic carbocycles. The summed E-state index contributed by atoms with van der Waals surface area (Å²) >= 11 is 5.94. The van der Waals surface area contributed by atoms with E-state index in [2.05, 4.69) is 37.2 Å². The Kier molecular flexibility index (Phi) is 7.33. The molecule has 2 nitrogen and oxygen atoms in total. The van der Waals surface area contributed by atoms with Crippen molar-refractivity contribution in [2.75, 3.05) is 20.1 Å². The zero-order chi connectivity index (χ0) is 13.4. The smallest absolute Gasteiger partial charge is 0.0409 e. The average molecular weight is 269 g/mol. The van der Waals surface area contributed by atoms with E-state index in [-0.39, 0.29) is 0 Å². The first-order chi connectivity index (χ1) is 8.59. The number of halogens is 1. The van der Waals surface area contributed by atoms with Crippen LogP contribution >= 0.6 is 11.6 Å². The van der Waals surface area contributed by atoms with Crippen LogP contribution in [-0.4, -0.2) is 31.1 Å². The minimum Gasteiger partial charge on any atom is -0.313 e. The van der Waals surface area contributed by atoms with Crippen molar-refractivity contribution in [3.05, 3.63) is 34.9 Å². The van der Waals surface area contributed by atoms with Crippen molar-refractivity contribution in [2.45, 2.75) is 39.3 Å².